The van der Waals surface area contributed by atoms with Gasteiger partial charge in [-0.3, -0.25) is 4.68 Å². The minimum absolute atomic E-state index is 0.718. The van der Waals surface area contributed by atoms with Crippen molar-refractivity contribution >= 4 is 5.82 Å². The predicted octanol–water partition coefficient (Wildman–Crippen LogP) is 3.08. The first-order chi connectivity index (χ1) is 12.3. The Morgan fingerprint density at radius 2 is 2.00 bits per heavy atom. The number of hydrogen-bond acceptors (Lipinski definition) is 5. The van der Waals surface area contributed by atoms with Gasteiger partial charge in [0, 0.05) is 31.5 Å². The number of rotatable bonds is 6. The van der Waals surface area contributed by atoms with Gasteiger partial charge in [-0.05, 0) is 24.8 Å². The summed E-state index contributed by atoms with van der Waals surface area (Å²) in [6.45, 7) is 1.72. The maximum absolute atomic E-state index is 4.82. The lowest BCUT2D eigenvalue weighted by Gasteiger charge is -2.32. The zero-order valence-corrected chi connectivity index (χ0v) is 14.4. The molecule has 2 aromatic heterocycles. The van der Waals surface area contributed by atoms with E-state index in [1.807, 2.05) is 55.8 Å². The monoisotopic (exact) mass is 334 g/mol. The second-order valence-electron chi connectivity index (χ2n) is 6.67. The van der Waals surface area contributed by atoms with E-state index in [4.69, 9.17) is 4.98 Å². The molecule has 6 heteroatoms. The fourth-order valence-corrected chi connectivity index (χ4v) is 3.14. The van der Waals surface area contributed by atoms with E-state index in [1.165, 1.54) is 19.3 Å². The zero-order valence-electron chi connectivity index (χ0n) is 14.4. The van der Waals surface area contributed by atoms with Gasteiger partial charge in [-0.2, -0.15) is 0 Å². The molecular formula is C19H22N6. The van der Waals surface area contributed by atoms with Crippen LogP contribution in [0.1, 0.15) is 25.0 Å². The molecule has 2 heterocycles. The third-order valence-electron chi connectivity index (χ3n) is 4.70. The van der Waals surface area contributed by atoms with Gasteiger partial charge >= 0.3 is 0 Å². The Balaban J connectivity index is 1.61. The van der Waals surface area contributed by atoms with Gasteiger partial charge in [-0.25, -0.2) is 9.97 Å². The molecule has 6 nitrogen and oxygen atoms in total. The lowest BCUT2D eigenvalue weighted by atomic mass is 9.85. The number of aryl methyl sites for hydroxylation is 1. The average molecular weight is 334 g/mol. The Hall–Kier alpha value is -2.76. The molecule has 3 aromatic rings. The highest BCUT2D eigenvalue weighted by atomic mass is 15.4. The van der Waals surface area contributed by atoms with Crippen LogP contribution in [0.25, 0.3) is 11.4 Å². The van der Waals surface area contributed by atoms with Gasteiger partial charge in [-0.1, -0.05) is 42.0 Å². The topological polar surface area (TPSA) is 59.7 Å². The van der Waals surface area contributed by atoms with Crippen molar-refractivity contribution in [1.82, 2.24) is 25.0 Å². The number of hydrogen-bond donors (Lipinski definition) is 0. The molecule has 0 amide bonds. The summed E-state index contributed by atoms with van der Waals surface area (Å²) in [7, 11) is 1.89. The van der Waals surface area contributed by atoms with Crippen LogP contribution in [0.15, 0.2) is 48.8 Å². The van der Waals surface area contributed by atoms with Crippen LogP contribution in [0.3, 0.4) is 0 Å². The van der Waals surface area contributed by atoms with Gasteiger partial charge < -0.3 is 4.90 Å². The van der Waals surface area contributed by atoms with E-state index in [2.05, 4.69) is 20.2 Å². The van der Waals surface area contributed by atoms with E-state index in [1.54, 1.807) is 4.68 Å². The van der Waals surface area contributed by atoms with Crippen molar-refractivity contribution in [1.29, 1.82) is 0 Å². The van der Waals surface area contributed by atoms with Crippen LogP contribution in [0.4, 0.5) is 5.82 Å². The van der Waals surface area contributed by atoms with Crippen molar-refractivity contribution in [3.8, 4) is 11.4 Å². The van der Waals surface area contributed by atoms with Crippen molar-refractivity contribution in [2.24, 2.45) is 13.0 Å². The van der Waals surface area contributed by atoms with Crippen LogP contribution >= 0.6 is 0 Å². The van der Waals surface area contributed by atoms with Gasteiger partial charge in [0.2, 0.25) is 0 Å². The number of nitrogens with zero attached hydrogens (tertiary/aromatic N) is 6. The van der Waals surface area contributed by atoms with Gasteiger partial charge in [0.1, 0.15) is 11.5 Å². The highest BCUT2D eigenvalue weighted by Crippen LogP contribution is 2.29. The normalized spacial score (nSPS) is 14.3. The average Bonchev–Trinajstić information content (AvgIpc) is 3.03. The number of aromatic nitrogens is 5. The second-order valence-corrected chi connectivity index (χ2v) is 6.67. The Bertz CT molecular complexity index is 825. The molecule has 1 aliphatic carbocycles. The van der Waals surface area contributed by atoms with Crippen LogP contribution in [0.2, 0.25) is 0 Å². The van der Waals surface area contributed by atoms with Crippen molar-refractivity contribution in [2.45, 2.75) is 25.8 Å². The van der Waals surface area contributed by atoms with Gasteiger partial charge in [0.15, 0.2) is 5.82 Å². The van der Waals surface area contributed by atoms with Gasteiger partial charge in [0.05, 0.1) is 6.54 Å². The molecule has 0 radical (unpaired) electrons. The van der Waals surface area contributed by atoms with Crippen molar-refractivity contribution < 1.29 is 0 Å². The quantitative estimate of drug-likeness (QED) is 0.693. The lowest BCUT2D eigenvalue weighted by molar-refractivity contribution is 0.316. The Labute approximate surface area is 147 Å². The second kappa shape index (κ2) is 7.01. The lowest BCUT2D eigenvalue weighted by Crippen LogP contribution is -2.33. The van der Waals surface area contributed by atoms with Gasteiger partial charge in [0.25, 0.3) is 0 Å². The van der Waals surface area contributed by atoms with E-state index >= 15 is 0 Å². The van der Waals surface area contributed by atoms with Crippen molar-refractivity contribution in [2.75, 3.05) is 11.4 Å². The predicted molar refractivity (Wildman–Crippen MR) is 96.9 cm³/mol. The minimum Gasteiger partial charge on any atom is -0.350 e. The van der Waals surface area contributed by atoms with Crippen LogP contribution in [-0.4, -0.2) is 31.5 Å². The largest absolute Gasteiger partial charge is 0.350 e. The molecule has 0 unspecified atom stereocenters. The Morgan fingerprint density at radius 1 is 1.16 bits per heavy atom. The summed E-state index contributed by atoms with van der Waals surface area (Å²) in [5.74, 6) is 2.45. The minimum atomic E-state index is 0.718. The molecule has 1 aromatic carbocycles. The first-order valence-corrected chi connectivity index (χ1v) is 8.76. The summed E-state index contributed by atoms with van der Waals surface area (Å²) in [5.41, 5.74) is 1.99. The molecule has 4 rings (SSSR count). The summed E-state index contributed by atoms with van der Waals surface area (Å²) in [4.78, 5) is 11.6. The first kappa shape index (κ1) is 15.7. The molecule has 128 valence electrons. The Kier molecular flexibility index (Phi) is 4.41. The smallest absolute Gasteiger partial charge is 0.161 e. The van der Waals surface area contributed by atoms with E-state index in [0.29, 0.717) is 0 Å². The van der Waals surface area contributed by atoms with E-state index in [-0.39, 0.29) is 0 Å². The maximum atomic E-state index is 4.82. The highest BCUT2D eigenvalue weighted by Gasteiger charge is 2.22. The highest BCUT2D eigenvalue weighted by molar-refractivity contribution is 5.57. The third kappa shape index (κ3) is 3.68. The molecule has 0 spiro atoms. The number of anilines is 1. The summed E-state index contributed by atoms with van der Waals surface area (Å²) >= 11 is 0. The molecule has 25 heavy (non-hydrogen) atoms. The van der Waals surface area contributed by atoms with Gasteiger partial charge in [-0.15, -0.1) is 5.10 Å². The molecule has 1 aliphatic rings. The molecule has 0 atom stereocenters. The standard InChI is InChI=1S/C19H22N6/c1-24-13-17(22-23-24)14-25(12-15-6-5-7-15)18-10-11-20-19(21-18)16-8-3-2-4-9-16/h2-4,8-11,13,15H,5-7,12,14H2,1H3. The molecule has 0 aliphatic heterocycles. The van der Waals surface area contributed by atoms with Crippen LogP contribution in [-0.2, 0) is 13.6 Å². The SMILES string of the molecule is Cn1cc(CN(CC2CCC2)c2ccnc(-c3ccccc3)n2)nn1. The third-order valence-corrected chi connectivity index (χ3v) is 4.70. The summed E-state index contributed by atoms with van der Waals surface area (Å²) in [6.07, 6.45) is 7.74. The molecule has 1 saturated carbocycles. The molecule has 0 N–H and O–H groups in total. The summed E-state index contributed by atoms with van der Waals surface area (Å²) in [5, 5.41) is 8.29. The van der Waals surface area contributed by atoms with Crippen LogP contribution in [0, 0.1) is 5.92 Å². The summed E-state index contributed by atoms with van der Waals surface area (Å²) in [6, 6.07) is 12.1. The summed E-state index contributed by atoms with van der Waals surface area (Å²) < 4.78 is 1.74. The van der Waals surface area contributed by atoms with E-state index < -0.39 is 0 Å². The fraction of sp³-hybridized carbons (Fsp3) is 0.368. The van der Waals surface area contributed by atoms with Crippen LogP contribution < -0.4 is 4.90 Å². The number of benzene rings is 1. The molecule has 1 fully saturated rings. The fourth-order valence-electron chi connectivity index (χ4n) is 3.14. The first-order valence-electron chi connectivity index (χ1n) is 8.76. The van der Waals surface area contributed by atoms with Crippen molar-refractivity contribution in [3.63, 3.8) is 0 Å². The van der Waals surface area contributed by atoms with Crippen LogP contribution in [0.5, 0.6) is 0 Å². The zero-order chi connectivity index (χ0) is 17.1. The van der Waals surface area contributed by atoms with Crippen molar-refractivity contribution in [3.05, 3.63) is 54.5 Å². The molecule has 0 saturated heterocycles. The molecular weight excluding hydrogens is 312 g/mol. The Morgan fingerprint density at radius 3 is 2.68 bits per heavy atom. The van der Waals surface area contributed by atoms with E-state index in [9.17, 15) is 0 Å². The maximum Gasteiger partial charge on any atom is 0.161 e. The molecule has 0 bridgehead atoms. The van der Waals surface area contributed by atoms with E-state index in [0.717, 1.165) is 41.9 Å².